The molecule has 0 aliphatic heterocycles. The average molecular weight is 238 g/mol. The lowest BCUT2D eigenvalue weighted by molar-refractivity contribution is 1.25. The first-order valence-corrected chi connectivity index (χ1v) is 6.11. The number of nitrogen functional groups attached to an aromatic ring is 2. The minimum Gasteiger partial charge on any atom is -0.399 e. The highest BCUT2D eigenvalue weighted by molar-refractivity contribution is 5.81. The fraction of sp³-hybridized carbons (Fsp3) is 0.125. The van der Waals surface area contributed by atoms with Crippen LogP contribution in [0.5, 0.6) is 0 Å². The molecule has 0 heterocycles. The third-order valence-electron chi connectivity index (χ3n) is 2.94. The van der Waals surface area contributed by atoms with Crippen LogP contribution in [0.15, 0.2) is 48.5 Å². The van der Waals surface area contributed by atoms with Gasteiger partial charge in [-0.15, -0.1) is 0 Å². The van der Waals surface area contributed by atoms with Crippen LogP contribution in [-0.2, 0) is 0 Å². The molecule has 92 valence electrons. The summed E-state index contributed by atoms with van der Waals surface area (Å²) in [6.45, 7) is 2.15. The zero-order chi connectivity index (χ0) is 13.0. The van der Waals surface area contributed by atoms with Crippen molar-refractivity contribution in [1.82, 2.24) is 0 Å². The Bertz CT molecular complexity index is 536. The van der Waals surface area contributed by atoms with Crippen LogP contribution in [0.2, 0.25) is 0 Å². The highest BCUT2D eigenvalue weighted by Crippen LogP contribution is 2.22. The topological polar surface area (TPSA) is 52.0 Å². The number of anilines is 2. The number of allylic oxidation sites excluding steroid dienone is 1. The van der Waals surface area contributed by atoms with Gasteiger partial charge in [-0.05, 0) is 47.4 Å². The minimum absolute atomic E-state index is 0.790. The highest BCUT2D eigenvalue weighted by Gasteiger charge is 1.99. The van der Waals surface area contributed by atoms with Crippen molar-refractivity contribution in [3.63, 3.8) is 0 Å². The Hall–Kier alpha value is -2.22. The number of hydrogen-bond donors (Lipinski definition) is 2. The maximum Gasteiger partial charge on any atom is 0.0314 e. The first kappa shape index (κ1) is 12.2. The molecule has 0 amide bonds. The molecule has 2 heteroatoms. The lowest BCUT2D eigenvalue weighted by atomic mass is 10.0. The van der Waals surface area contributed by atoms with Crippen molar-refractivity contribution in [3.8, 4) is 0 Å². The van der Waals surface area contributed by atoms with E-state index in [-0.39, 0.29) is 0 Å². The van der Waals surface area contributed by atoms with E-state index >= 15 is 0 Å². The van der Waals surface area contributed by atoms with Crippen molar-refractivity contribution in [3.05, 3.63) is 59.7 Å². The molecule has 0 aromatic heterocycles. The summed E-state index contributed by atoms with van der Waals surface area (Å²) in [6, 6.07) is 15.9. The molecule has 0 saturated heterocycles. The lowest BCUT2D eigenvalue weighted by Gasteiger charge is -2.06. The van der Waals surface area contributed by atoms with Gasteiger partial charge < -0.3 is 11.5 Å². The van der Waals surface area contributed by atoms with Crippen LogP contribution >= 0.6 is 0 Å². The van der Waals surface area contributed by atoms with Gasteiger partial charge in [0, 0.05) is 11.4 Å². The van der Waals surface area contributed by atoms with Gasteiger partial charge in [0.15, 0.2) is 0 Å². The monoisotopic (exact) mass is 238 g/mol. The number of nitrogens with two attached hydrogens (primary N) is 2. The molecule has 0 aliphatic rings. The van der Waals surface area contributed by atoms with Gasteiger partial charge in [-0.3, -0.25) is 0 Å². The smallest absolute Gasteiger partial charge is 0.0314 e. The Labute approximate surface area is 108 Å². The predicted octanol–water partition coefficient (Wildman–Crippen LogP) is 3.80. The van der Waals surface area contributed by atoms with Crippen LogP contribution in [-0.4, -0.2) is 0 Å². The van der Waals surface area contributed by atoms with E-state index in [2.05, 4.69) is 25.1 Å². The molecular weight excluding hydrogens is 220 g/mol. The van der Waals surface area contributed by atoms with E-state index in [0.29, 0.717) is 0 Å². The molecule has 2 aromatic carbocycles. The van der Waals surface area contributed by atoms with Gasteiger partial charge in [0.25, 0.3) is 0 Å². The molecule has 0 aliphatic carbocycles. The molecule has 2 nitrogen and oxygen atoms in total. The van der Waals surface area contributed by atoms with Gasteiger partial charge >= 0.3 is 0 Å². The van der Waals surface area contributed by atoms with Gasteiger partial charge in [-0.1, -0.05) is 37.3 Å². The van der Waals surface area contributed by atoms with Crippen molar-refractivity contribution in [2.24, 2.45) is 0 Å². The summed E-state index contributed by atoms with van der Waals surface area (Å²) < 4.78 is 0. The van der Waals surface area contributed by atoms with Gasteiger partial charge in [0.2, 0.25) is 0 Å². The maximum atomic E-state index is 5.70. The number of rotatable bonds is 3. The molecule has 0 radical (unpaired) electrons. The highest BCUT2D eigenvalue weighted by atomic mass is 14.5. The van der Waals surface area contributed by atoms with E-state index in [0.717, 1.165) is 23.4 Å². The van der Waals surface area contributed by atoms with E-state index in [4.69, 9.17) is 11.5 Å². The fourth-order valence-electron chi connectivity index (χ4n) is 1.88. The van der Waals surface area contributed by atoms with E-state index in [9.17, 15) is 0 Å². The molecule has 0 fully saturated rings. The molecule has 18 heavy (non-hydrogen) atoms. The first-order valence-electron chi connectivity index (χ1n) is 6.11. The summed E-state index contributed by atoms with van der Waals surface area (Å²) in [5, 5.41) is 0. The predicted molar refractivity (Wildman–Crippen MR) is 79.9 cm³/mol. The second-order valence-electron chi connectivity index (χ2n) is 4.31. The maximum absolute atomic E-state index is 5.70. The Balaban J connectivity index is 2.33. The largest absolute Gasteiger partial charge is 0.399 e. The molecule has 2 rings (SSSR count). The summed E-state index contributed by atoms with van der Waals surface area (Å²) in [7, 11) is 0. The van der Waals surface area contributed by atoms with Crippen molar-refractivity contribution in [2.45, 2.75) is 13.3 Å². The average Bonchev–Trinajstić information content (AvgIpc) is 2.39. The van der Waals surface area contributed by atoms with Crippen molar-refractivity contribution in [2.75, 3.05) is 11.5 Å². The summed E-state index contributed by atoms with van der Waals surface area (Å²) in [4.78, 5) is 0. The quantitative estimate of drug-likeness (QED) is 0.631. The second kappa shape index (κ2) is 5.41. The van der Waals surface area contributed by atoms with Gasteiger partial charge in [0.05, 0.1) is 0 Å². The first-order chi connectivity index (χ1) is 8.69. The fourth-order valence-corrected chi connectivity index (χ4v) is 1.88. The van der Waals surface area contributed by atoms with Crippen LogP contribution in [0.4, 0.5) is 11.4 Å². The molecule has 4 N–H and O–H groups in total. The zero-order valence-electron chi connectivity index (χ0n) is 10.6. The molecule has 0 atom stereocenters. The third-order valence-corrected chi connectivity index (χ3v) is 2.94. The van der Waals surface area contributed by atoms with Crippen molar-refractivity contribution in [1.29, 1.82) is 0 Å². The van der Waals surface area contributed by atoms with E-state index in [1.165, 1.54) is 11.1 Å². The van der Waals surface area contributed by atoms with E-state index in [1.54, 1.807) is 0 Å². The van der Waals surface area contributed by atoms with E-state index in [1.807, 2.05) is 36.4 Å². The Morgan fingerprint density at radius 2 is 1.39 bits per heavy atom. The summed E-state index contributed by atoms with van der Waals surface area (Å²) in [6.07, 6.45) is 3.17. The Morgan fingerprint density at radius 3 is 1.89 bits per heavy atom. The standard InChI is InChI=1S/C16H18N2/c1-2-13(14-5-9-16(18)10-6-14)11-12-3-7-15(17)8-4-12/h3-11H,2,17-18H2,1H3/b13-11+. The van der Waals surface area contributed by atoms with Crippen molar-refractivity contribution >= 4 is 23.0 Å². The van der Waals surface area contributed by atoms with Crippen LogP contribution < -0.4 is 11.5 Å². The van der Waals surface area contributed by atoms with Gasteiger partial charge in [-0.25, -0.2) is 0 Å². The number of hydrogen-bond acceptors (Lipinski definition) is 2. The molecule has 2 aromatic rings. The van der Waals surface area contributed by atoms with Gasteiger partial charge in [-0.2, -0.15) is 0 Å². The van der Waals surface area contributed by atoms with Crippen LogP contribution in [0, 0.1) is 0 Å². The van der Waals surface area contributed by atoms with E-state index < -0.39 is 0 Å². The van der Waals surface area contributed by atoms with Gasteiger partial charge in [0.1, 0.15) is 0 Å². The van der Waals surface area contributed by atoms with Crippen LogP contribution in [0.25, 0.3) is 11.6 Å². The molecule has 0 saturated carbocycles. The zero-order valence-corrected chi connectivity index (χ0v) is 10.6. The van der Waals surface area contributed by atoms with Crippen LogP contribution in [0.1, 0.15) is 24.5 Å². The number of benzene rings is 2. The SMILES string of the molecule is CC/C(=C\c1ccc(N)cc1)c1ccc(N)cc1. The third kappa shape index (κ3) is 2.92. The molecule has 0 spiro atoms. The summed E-state index contributed by atoms with van der Waals surface area (Å²) in [5.74, 6) is 0. The molecule has 0 unspecified atom stereocenters. The van der Waals surface area contributed by atoms with Crippen LogP contribution in [0.3, 0.4) is 0 Å². The Kier molecular flexibility index (Phi) is 3.68. The lowest BCUT2D eigenvalue weighted by Crippen LogP contribution is -1.87. The molecular formula is C16H18N2. The minimum atomic E-state index is 0.790. The Morgan fingerprint density at radius 1 is 0.889 bits per heavy atom. The van der Waals surface area contributed by atoms with Crippen molar-refractivity contribution < 1.29 is 0 Å². The summed E-state index contributed by atoms with van der Waals surface area (Å²) >= 11 is 0. The second-order valence-corrected chi connectivity index (χ2v) is 4.31. The molecule has 0 bridgehead atoms. The normalized spacial score (nSPS) is 11.5. The summed E-state index contributed by atoms with van der Waals surface area (Å²) in [5.41, 5.74) is 16.6.